The lowest BCUT2D eigenvalue weighted by Crippen LogP contribution is -2.50. The Bertz CT molecular complexity index is 486. The van der Waals surface area contributed by atoms with Crippen molar-refractivity contribution in [1.29, 1.82) is 0 Å². The van der Waals surface area contributed by atoms with Crippen molar-refractivity contribution in [2.24, 2.45) is 0 Å². The lowest BCUT2D eigenvalue weighted by atomic mass is 9.88. The lowest BCUT2D eigenvalue weighted by Gasteiger charge is -2.39. The molecular weight excluding hydrogens is 265 g/mol. The first-order valence-electron chi connectivity index (χ1n) is 7.14. The van der Waals surface area contributed by atoms with Crippen LogP contribution in [0.3, 0.4) is 0 Å². The van der Waals surface area contributed by atoms with Crippen molar-refractivity contribution in [3.63, 3.8) is 0 Å². The Hall–Kier alpha value is -1.23. The molecule has 110 valence electrons. The van der Waals surface area contributed by atoms with Crippen LogP contribution in [-0.2, 0) is 0 Å². The van der Waals surface area contributed by atoms with Crippen molar-refractivity contribution in [3.8, 4) is 0 Å². The van der Waals surface area contributed by atoms with Crippen LogP contribution in [0, 0.1) is 0 Å². The van der Waals surface area contributed by atoms with Crippen LogP contribution in [0.25, 0.3) is 0 Å². The molecule has 2 nitrogen and oxygen atoms in total. The van der Waals surface area contributed by atoms with E-state index in [1.807, 2.05) is 24.3 Å². The normalized spacial score (nSPS) is 26.5. The number of halogens is 3. The Balaban J connectivity index is 1.93. The van der Waals surface area contributed by atoms with E-state index in [2.05, 4.69) is 11.8 Å². The fraction of sp³-hybridized carbons (Fsp3) is 0.600. The number of piperidine rings is 1. The molecule has 0 aromatic heterocycles. The maximum absolute atomic E-state index is 12.9. The Morgan fingerprint density at radius 3 is 2.70 bits per heavy atom. The smallest absolute Gasteiger partial charge is 0.357 e. The minimum absolute atomic E-state index is 0.0391. The predicted octanol–water partition coefficient (Wildman–Crippen LogP) is 3.25. The molecule has 0 spiro atoms. The molecular formula is C15H19F3N2. The summed E-state index contributed by atoms with van der Waals surface area (Å²) >= 11 is 0. The topological polar surface area (TPSA) is 6.48 Å². The number of para-hydroxylation sites is 1. The van der Waals surface area contributed by atoms with Crippen molar-refractivity contribution in [2.75, 3.05) is 31.1 Å². The van der Waals surface area contributed by atoms with E-state index in [1.54, 1.807) is 4.90 Å². The van der Waals surface area contributed by atoms with Gasteiger partial charge in [-0.25, -0.2) is 0 Å². The molecule has 0 N–H and O–H groups in total. The summed E-state index contributed by atoms with van der Waals surface area (Å²) in [6.45, 7) is 3.83. The summed E-state index contributed by atoms with van der Waals surface area (Å²) in [5, 5.41) is 0. The molecule has 0 bridgehead atoms. The van der Waals surface area contributed by atoms with Crippen LogP contribution in [-0.4, -0.2) is 43.3 Å². The van der Waals surface area contributed by atoms with E-state index in [-0.39, 0.29) is 12.0 Å². The predicted molar refractivity (Wildman–Crippen MR) is 73.1 cm³/mol. The first-order chi connectivity index (χ1) is 9.49. The Morgan fingerprint density at radius 1 is 1.25 bits per heavy atom. The van der Waals surface area contributed by atoms with Gasteiger partial charge < -0.3 is 9.80 Å². The fourth-order valence-corrected chi connectivity index (χ4v) is 3.60. The summed E-state index contributed by atoms with van der Waals surface area (Å²) in [5.41, 5.74) is 1.87. The molecule has 1 saturated heterocycles. The van der Waals surface area contributed by atoms with Crippen molar-refractivity contribution >= 4 is 5.69 Å². The van der Waals surface area contributed by atoms with E-state index < -0.39 is 12.7 Å². The maximum atomic E-state index is 12.9. The van der Waals surface area contributed by atoms with Crippen molar-refractivity contribution < 1.29 is 13.2 Å². The van der Waals surface area contributed by atoms with Crippen molar-refractivity contribution in [2.45, 2.75) is 31.5 Å². The van der Waals surface area contributed by atoms with Gasteiger partial charge >= 0.3 is 6.18 Å². The van der Waals surface area contributed by atoms with Crippen LogP contribution in [0.1, 0.15) is 24.8 Å². The maximum Gasteiger partial charge on any atom is 0.405 e. The molecule has 2 unspecified atom stereocenters. The second-order valence-corrected chi connectivity index (χ2v) is 5.66. The molecule has 0 saturated carbocycles. The van der Waals surface area contributed by atoms with Crippen LogP contribution in [0.5, 0.6) is 0 Å². The third kappa shape index (κ3) is 2.39. The first-order valence-corrected chi connectivity index (χ1v) is 7.14. The van der Waals surface area contributed by atoms with Gasteiger partial charge in [0.2, 0.25) is 0 Å². The summed E-state index contributed by atoms with van der Waals surface area (Å²) in [5.74, 6) is 0.247. The number of nitrogens with zero attached hydrogens (tertiary/aromatic N) is 2. The van der Waals surface area contributed by atoms with Gasteiger partial charge in [-0.2, -0.15) is 13.2 Å². The molecule has 1 fully saturated rings. The summed E-state index contributed by atoms with van der Waals surface area (Å²) in [6.07, 6.45) is -3.21. The van der Waals surface area contributed by atoms with Gasteiger partial charge in [-0.1, -0.05) is 25.1 Å². The highest BCUT2D eigenvalue weighted by atomic mass is 19.4. The zero-order valence-electron chi connectivity index (χ0n) is 11.5. The molecule has 20 heavy (non-hydrogen) atoms. The van der Waals surface area contributed by atoms with Crippen molar-refractivity contribution in [3.05, 3.63) is 29.8 Å². The number of anilines is 1. The molecule has 2 heterocycles. The SMILES string of the molecule is CCN1CCC2c3ccccc3N(CC(F)(F)F)C2C1. The van der Waals surface area contributed by atoms with Crippen LogP contribution in [0.15, 0.2) is 24.3 Å². The number of likely N-dealkylation sites (N-methyl/N-ethyl adjacent to an activating group) is 1. The number of rotatable bonds is 2. The second-order valence-electron chi connectivity index (χ2n) is 5.66. The third-order valence-electron chi connectivity index (χ3n) is 4.51. The van der Waals surface area contributed by atoms with E-state index in [4.69, 9.17) is 0 Å². The van der Waals surface area contributed by atoms with Crippen molar-refractivity contribution in [1.82, 2.24) is 4.90 Å². The monoisotopic (exact) mass is 284 g/mol. The van der Waals surface area contributed by atoms with E-state index in [1.165, 1.54) is 0 Å². The molecule has 0 amide bonds. The zero-order valence-corrected chi connectivity index (χ0v) is 11.5. The van der Waals surface area contributed by atoms with Gasteiger partial charge in [0.15, 0.2) is 0 Å². The van der Waals surface area contributed by atoms with Crippen LogP contribution < -0.4 is 4.90 Å². The molecule has 2 atom stereocenters. The molecule has 2 aliphatic heterocycles. The standard InChI is InChI=1S/C15H19F3N2/c1-2-19-8-7-12-11-5-3-4-6-13(11)20(14(12)9-19)10-15(16,17)18/h3-6,12,14H,2,7-10H2,1H3. The van der Waals surface area contributed by atoms with Crippen LogP contribution in [0.4, 0.5) is 18.9 Å². The van der Waals surface area contributed by atoms with Gasteiger partial charge in [-0.3, -0.25) is 0 Å². The highest BCUT2D eigenvalue weighted by molar-refractivity contribution is 5.62. The Morgan fingerprint density at radius 2 is 2.00 bits per heavy atom. The minimum atomic E-state index is -4.16. The average Bonchev–Trinajstić information content (AvgIpc) is 2.71. The summed E-state index contributed by atoms with van der Waals surface area (Å²) < 4.78 is 38.7. The Kier molecular flexibility index (Phi) is 3.40. The fourth-order valence-electron chi connectivity index (χ4n) is 3.60. The summed E-state index contributed by atoms with van der Waals surface area (Å²) in [7, 11) is 0. The quantitative estimate of drug-likeness (QED) is 0.822. The number of hydrogen-bond donors (Lipinski definition) is 0. The van der Waals surface area contributed by atoms with E-state index in [9.17, 15) is 13.2 Å². The number of likely N-dealkylation sites (tertiary alicyclic amines) is 1. The Labute approximate surface area is 117 Å². The van der Waals surface area contributed by atoms with E-state index in [0.29, 0.717) is 0 Å². The molecule has 3 rings (SSSR count). The van der Waals surface area contributed by atoms with Gasteiger partial charge in [0.25, 0.3) is 0 Å². The number of alkyl halides is 3. The van der Waals surface area contributed by atoms with Gasteiger partial charge in [0, 0.05) is 24.2 Å². The zero-order chi connectivity index (χ0) is 14.3. The number of benzene rings is 1. The molecule has 0 radical (unpaired) electrons. The van der Waals surface area contributed by atoms with Crippen LogP contribution >= 0.6 is 0 Å². The third-order valence-corrected chi connectivity index (χ3v) is 4.51. The lowest BCUT2D eigenvalue weighted by molar-refractivity contribution is -0.121. The first kappa shape index (κ1) is 13.7. The van der Waals surface area contributed by atoms with Crippen LogP contribution in [0.2, 0.25) is 0 Å². The number of hydrogen-bond acceptors (Lipinski definition) is 2. The van der Waals surface area contributed by atoms with E-state index >= 15 is 0 Å². The minimum Gasteiger partial charge on any atom is -0.357 e. The summed E-state index contributed by atoms with van der Waals surface area (Å²) in [6, 6.07) is 7.54. The molecule has 1 aromatic carbocycles. The van der Waals surface area contributed by atoms with Gasteiger partial charge in [0.1, 0.15) is 6.54 Å². The molecule has 0 aliphatic carbocycles. The highest BCUT2D eigenvalue weighted by Crippen LogP contribution is 2.45. The largest absolute Gasteiger partial charge is 0.405 e. The molecule has 1 aromatic rings. The second kappa shape index (κ2) is 4.95. The number of fused-ring (bicyclic) bond motifs is 3. The molecule has 2 aliphatic rings. The summed E-state index contributed by atoms with van der Waals surface area (Å²) in [4.78, 5) is 3.82. The van der Waals surface area contributed by atoms with Gasteiger partial charge in [-0.05, 0) is 31.1 Å². The van der Waals surface area contributed by atoms with Gasteiger partial charge in [0.05, 0.1) is 0 Å². The van der Waals surface area contributed by atoms with E-state index in [0.717, 1.165) is 37.3 Å². The molecule has 5 heteroatoms. The average molecular weight is 284 g/mol. The highest BCUT2D eigenvalue weighted by Gasteiger charge is 2.45. The van der Waals surface area contributed by atoms with Gasteiger partial charge in [-0.15, -0.1) is 0 Å².